The van der Waals surface area contributed by atoms with Crippen LogP contribution in [0.3, 0.4) is 0 Å². The van der Waals surface area contributed by atoms with Crippen LogP contribution in [0.1, 0.15) is 16.1 Å². The molecule has 0 unspecified atom stereocenters. The lowest BCUT2D eigenvalue weighted by atomic mass is 10.2. The van der Waals surface area contributed by atoms with Crippen LogP contribution in [-0.2, 0) is 7.05 Å². The number of carbonyl (C=O) groups is 1. The Labute approximate surface area is 108 Å². The van der Waals surface area contributed by atoms with Gasteiger partial charge in [0.1, 0.15) is 11.5 Å². The van der Waals surface area contributed by atoms with Crippen molar-refractivity contribution in [3.63, 3.8) is 0 Å². The first kappa shape index (κ1) is 12.6. The summed E-state index contributed by atoms with van der Waals surface area (Å²) in [7, 11) is 1.75. The van der Waals surface area contributed by atoms with Crippen molar-refractivity contribution in [1.29, 1.82) is 0 Å². The fraction of sp³-hybridized carbons (Fsp3) is 0.0833. The summed E-state index contributed by atoms with van der Waals surface area (Å²) < 4.78 is 1.59. The number of nitrogens with zero attached hydrogens (tertiary/aromatic N) is 3. The van der Waals surface area contributed by atoms with Crippen molar-refractivity contribution < 1.29 is 15.0 Å². The molecule has 7 heteroatoms. The highest BCUT2D eigenvalue weighted by Gasteiger charge is 2.07. The number of rotatable bonds is 3. The lowest BCUT2D eigenvalue weighted by Gasteiger charge is -2.02. The first-order valence-corrected chi connectivity index (χ1v) is 5.40. The monoisotopic (exact) mass is 260 g/mol. The van der Waals surface area contributed by atoms with Crippen molar-refractivity contribution in [2.75, 3.05) is 0 Å². The van der Waals surface area contributed by atoms with E-state index >= 15 is 0 Å². The standard InChI is InChI=1S/C12H12N4O3/c1-16-9(2-3-14-16)7-13-15-12(19)8-4-10(17)6-11(18)5-8/h2-7,17-18H,1H3,(H,15,19)/b13-7-. The minimum atomic E-state index is -0.537. The van der Waals surface area contributed by atoms with E-state index in [4.69, 9.17) is 0 Å². The number of phenolic OH excluding ortho intramolecular Hbond substituents is 2. The highest BCUT2D eigenvalue weighted by molar-refractivity contribution is 5.95. The van der Waals surface area contributed by atoms with Crippen LogP contribution in [0.2, 0.25) is 0 Å². The molecule has 98 valence electrons. The summed E-state index contributed by atoms with van der Waals surface area (Å²) in [6.07, 6.45) is 3.05. The Morgan fingerprint density at radius 2 is 2.05 bits per heavy atom. The summed E-state index contributed by atoms with van der Waals surface area (Å²) in [6, 6.07) is 5.33. The van der Waals surface area contributed by atoms with Gasteiger partial charge in [0.15, 0.2) is 0 Å². The fourth-order valence-corrected chi connectivity index (χ4v) is 1.46. The zero-order valence-electron chi connectivity index (χ0n) is 10.1. The number of hydrogen-bond donors (Lipinski definition) is 3. The van der Waals surface area contributed by atoms with E-state index in [2.05, 4.69) is 15.6 Å². The number of aryl methyl sites for hydroxylation is 1. The summed E-state index contributed by atoms with van der Waals surface area (Å²) in [5, 5.41) is 26.2. The minimum absolute atomic E-state index is 0.111. The van der Waals surface area contributed by atoms with Crippen LogP contribution in [0.4, 0.5) is 0 Å². The molecule has 19 heavy (non-hydrogen) atoms. The van der Waals surface area contributed by atoms with Crippen molar-refractivity contribution >= 4 is 12.1 Å². The first-order valence-electron chi connectivity index (χ1n) is 5.40. The number of hydrogen-bond acceptors (Lipinski definition) is 5. The Hall–Kier alpha value is -2.83. The maximum absolute atomic E-state index is 11.7. The van der Waals surface area contributed by atoms with Gasteiger partial charge in [0.25, 0.3) is 5.91 Å². The molecule has 0 bridgehead atoms. The van der Waals surface area contributed by atoms with E-state index in [0.29, 0.717) is 0 Å². The Morgan fingerprint density at radius 3 is 2.63 bits per heavy atom. The maximum atomic E-state index is 11.7. The van der Waals surface area contributed by atoms with Gasteiger partial charge in [-0.05, 0) is 18.2 Å². The fourth-order valence-electron chi connectivity index (χ4n) is 1.46. The van der Waals surface area contributed by atoms with Crippen molar-refractivity contribution in [1.82, 2.24) is 15.2 Å². The number of nitrogens with one attached hydrogen (secondary N) is 1. The van der Waals surface area contributed by atoms with E-state index in [1.165, 1.54) is 18.3 Å². The molecule has 2 aromatic rings. The molecule has 0 radical (unpaired) electrons. The Bertz CT molecular complexity index is 613. The number of amides is 1. The normalized spacial score (nSPS) is 10.8. The summed E-state index contributed by atoms with van der Waals surface area (Å²) in [4.78, 5) is 11.7. The van der Waals surface area contributed by atoms with Crippen molar-refractivity contribution in [3.05, 3.63) is 41.7 Å². The zero-order valence-corrected chi connectivity index (χ0v) is 10.1. The molecule has 0 atom stereocenters. The SMILES string of the molecule is Cn1nccc1/C=N\NC(=O)c1cc(O)cc(O)c1. The van der Waals surface area contributed by atoms with Gasteiger partial charge in [-0.25, -0.2) is 5.43 Å². The second-order valence-corrected chi connectivity index (χ2v) is 3.82. The molecular formula is C12H12N4O3. The number of aromatic hydroxyl groups is 2. The van der Waals surface area contributed by atoms with Gasteiger partial charge < -0.3 is 10.2 Å². The average Bonchev–Trinajstić information content (AvgIpc) is 2.74. The molecule has 1 heterocycles. The third-order valence-electron chi connectivity index (χ3n) is 2.39. The van der Waals surface area contributed by atoms with Crippen molar-refractivity contribution in [2.24, 2.45) is 12.1 Å². The van der Waals surface area contributed by atoms with Gasteiger partial charge in [0.05, 0.1) is 11.9 Å². The van der Waals surface area contributed by atoms with E-state index < -0.39 is 5.91 Å². The van der Waals surface area contributed by atoms with Crippen LogP contribution in [0.15, 0.2) is 35.6 Å². The summed E-state index contributed by atoms with van der Waals surface area (Å²) >= 11 is 0. The molecule has 0 aliphatic rings. The Kier molecular flexibility index (Phi) is 3.46. The van der Waals surface area contributed by atoms with E-state index in [0.717, 1.165) is 11.8 Å². The van der Waals surface area contributed by atoms with Crippen LogP contribution in [-0.4, -0.2) is 32.1 Å². The van der Waals surface area contributed by atoms with Gasteiger partial charge in [-0.1, -0.05) is 0 Å². The van der Waals surface area contributed by atoms with Gasteiger partial charge in [-0.15, -0.1) is 0 Å². The number of carbonyl (C=O) groups excluding carboxylic acids is 1. The van der Waals surface area contributed by atoms with E-state index in [1.54, 1.807) is 24.0 Å². The molecule has 0 aliphatic heterocycles. The van der Waals surface area contributed by atoms with E-state index in [-0.39, 0.29) is 17.1 Å². The highest BCUT2D eigenvalue weighted by Crippen LogP contribution is 2.20. The van der Waals surface area contributed by atoms with Crippen LogP contribution in [0, 0.1) is 0 Å². The molecule has 2 rings (SSSR count). The van der Waals surface area contributed by atoms with Crippen molar-refractivity contribution in [3.8, 4) is 11.5 Å². The van der Waals surface area contributed by atoms with E-state index in [1.807, 2.05) is 0 Å². The molecule has 0 aliphatic carbocycles. The first-order chi connectivity index (χ1) is 9.06. The molecule has 1 aromatic carbocycles. The van der Waals surface area contributed by atoms with Gasteiger partial charge in [0.2, 0.25) is 0 Å². The summed E-state index contributed by atoms with van der Waals surface area (Å²) in [6.45, 7) is 0. The highest BCUT2D eigenvalue weighted by atomic mass is 16.3. The lowest BCUT2D eigenvalue weighted by molar-refractivity contribution is 0.0954. The number of phenols is 2. The van der Waals surface area contributed by atoms with Crippen LogP contribution in [0.5, 0.6) is 11.5 Å². The molecule has 1 amide bonds. The molecule has 0 fully saturated rings. The van der Waals surface area contributed by atoms with Gasteiger partial charge in [-0.3, -0.25) is 9.48 Å². The Morgan fingerprint density at radius 1 is 1.37 bits per heavy atom. The second kappa shape index (κ2) is 5.21. The van der Waals surface area contributed by atoms with Crippen LogP contribution >= 0.6 is 0 Å². The molecule has 1 aromatic heterocycles. The second-order valence-electron chi connectivity index (χ2n) is 3.82. The topological polar surface area (TPSA) is 99.7 Å². The zero-order chi connectivity index (χ0) is 13.8. The van der Waals surface area contributed by atoms with Crippen molar-refractivity contribution in [2.45, 2.75) is 0 Å². The molecule has 7 nitrogen and oxygen atoms in total. The quantitative estimate of drug-likeness (QED) is 0.555. The largest absolute Gasteiger partial charge is 0.508 e. The molecule has 0 spiro atoms. The van der Waals surface area contributed by atoms with Crippen LogP contribution in [0.25, 0.3) is 0 Å². The number of hydrazone groups is 1. The predicted molar refractivity (Wildman–Crippen MR) is 68.0 cm³/mol. The summed E-state index contributed by atoms with van der Waals surface area (Å²) in [5.74, 6) is -0.925. The minimum Gasteiger partial charge on any atom is -0.508 e. The smallest absolute Gasteiger partial charge is 0.271 e. The average molecular weight is 260 g/mol. The predicted octanol–water partition coefficient (Wildman–Crippen LogP) is 0.595. The van der Waals surface area contributed by atoms with Gasteiger partial charge in [-0.2, -0.15) is 10.2 Å². The number of aromatic nitrogens is 2. The van der Waals surface area contributed by atoms with Crippen LogP contribution < -0.4 is 5.43 Å². The lowest BCUT2D eigenvalue weighted by Crippen LogP contribution is -2.17. The molecular weight excluding hydrogens is 248 g/mol. The molecule has 0 saturated carbocycles. The molecule has 0 saturated heterocycles. The van der Waals surface area contributed by atoms with Gasteiger partial charge in [0, 0.05) is 24.9 Å². The maximum Gasteiger partial charge on any atom is 0.271 e. The van der Waals surface area contributed by atoms with Gasteiger partial charge >= 0.3 is 0 Å². The number of benzene rings is 1. The third kappa shape index (κ3) is 3.09. The third-order valence-corrected chi connectivity index (χ3v) is 2.39. The molecule has 3 N–H and O–H groups in total. The van der Waals surface area contributed by atoms with E-state index in [9.17, 15) is 15.0 Å². The Balaban J connectivity index is 2.05. The summed E-state index contributed by atoms with van der Waals surface area (Å²) in [5.41, 5.74) is 3.12.